The van der Waals surface area contributed by atoms with Crippen molar-refractivity contribution < 1.29 is 12.8 Å². The van der Waals surface area contributed by atoms with Gasteiger partial charge in [0.25, 0.3) is 0 Å². The maximum Gasteiger partial charge on any atom is 0.245 e. The topological polar surface area (TPSA) is 37.4 Å². The van der Waals surface area contributed by atoms with Crippen LogP contribution in [0, 0.1) is 5.82 Å². The minimum absolute atomic E-state index is 0.0130. The molecule has 1 aromatic rings. The average Bonchev–Trinajstić information content (AvgIpc) is 2.16. The molecule has 1 atom stereocenters. The fourth-order valence-corrected chi connectivity index (χ4v) is 3.22. The standard InChI is InChI=1S/C10H13BrFNO2S/c1-8(11)7-13(2)16(14,15)10-6-4-3-5-9(10)12/h3-6,8H,7H2,1-2H3. The lowest BCUT2D eigenvalue weighted by Crippen LogP contribution is -2.31. The molecule has 0 fully saturated rings. The van der Waals surface area contributed by atoms with E-state index in [1.165, 1.54) is 25.2 Å². The zero-order chi connectivity index (χ0) is 12.3. The number of rotatable bonds is 4. The van der Waals surface area contributed by atoms with Gasteiger partial charge in [-0.05, 0) is 12.1 Å². The van der Waals surface area contributed by atoms with Gasteiger partial charge in [0.1, 0.15) is 10.7 Å². The minimum atomic E-state index is -3.74. The van der Waals surface area contributed by atoms with E-state index in [9.17, 15) is 12.8 Å². The Morgan fingerprint density at radius 2 is 2.00 bits per heavy atom. The van der Waals surface area contributed by atoms with Crippen molar-refractivity contribution in [2.24, 2.45) is 0 Å². The highest BCUT2D eigenvalue weighted by molar-refractivity contribution is 9.09. The molecule has 0 aliphatic carbocycles. The molecule has 0 saturated heterocycles. The molecule has 0 amide bonds. The van der Waals surface area contributed by atoms with Gasteiger partial charge in [0.2, 0.25) is 10.0 Å². The molecule has 0 radical (unpaired) electrons. The van der Waals surface area contributed by atoms with Gasteiger partial charge < -0.3 is 0 Å². The van der Waals surface area contributed by atoms with Gasteiger partial charge in [-0.15, -0.1) is 0 Å². The third-order valence-corrected chi connectivity index (χ3v) is 4.18. The quantitative estimate of drug-likeness (QED) is 0.800. The van der Waals surface area contributed by atoms with E-state index in [0.717, 1.165) is 10.4 Å². The first kappa shape index (κ1) is 13.6. The van der Waals surface area contributed by atoms with E-state index in [1.807, 2.05) is 6.92 Å². The van der Waals surface area contributed by atoms with Crippen molar-refractivity contribution >= 4 is 26.0 Å². The molecular formula is C10H13BrFNO2S. The van der Waals surface area contributed by atoms with Gasteiger partial charge in [-0.2, -0.15) is 4.31 Å². The molecule has 16 heavy (non-hydrogen) atoms. The Hall–Kier alpha value is -0.460. The SMILES string of the molecule is CC(Br)CN(C)S(=O)(=O)c1ccccc1F. The Labute approximate surface area is 103 Å². The van der Waals surface area contributed by atoms with Crippen molar-refractivity contribution in [3.8, 4) is 0 Å². The van der Waals surface area contributed by atoms with Crippen molar-refractivity contribution in [2.45, 2.75) is 16.6 Å². The van der Waals surface area contributed by atoms with Gasteiger partial charge in [-0.25, -0.2) is 12.8 Å². The summed E-state index contributed by atoms with van der Waals surface area (Å²) in [4.78, 5) is -0.273. The summed E-state index contributed by atoms with van der Waals surface area (Å²) in [7, 11) is -2.31. The summed E-state index contributed by atoms with van der Waals surface area (Å²) in [5, 5.41) is 0. The van der Waals surface area contributed by atoms with E-state index < -0.39 is 15.8 Å². The molecule has 1 unspecified atom stereocenters. The second-order valence-corrected chi connectivity index (χ2v) is 7.07. The van der Waals surface area contributed by atoms with Crippen LogP contribution >= 0.6 is 15.9 Å². The van der Waals surface area contributed by atoms with E-state index in [0.29, 0.717) is 0 Å². The highest BCUT2D eigenvalue weighted by Crippen LogP contribution is 2.18. The third-order valence-electron chi connectivity index (χ3n) is 2.03. The first-order valence-corrected chi connectivity index (χ1v) is 7.06. The molecule has 0 aliphatic heterocycles. The van der Waals surface area contributed by atoms with Crippen LogP contribution in [0.4, 0.5) is 4.39 Å². The van der Waals surface area contributed by atoms with Gasteiger partial charge in [-0.3, -0.25) is 0 Å². The molecule has 0 saturated carbocycles. The summed E-state index contributed by atoms with van der Waals surface area (Å²) >= 11 is 3.26. The number of nitrogens with zero attached hydrogens (tertiary/aromatic N) is 1. The molecule has 90 valence electrons. The maximum absolute atomic E-state index is 13.4. The van der Waals surface area contributed by atoms with Crippen LogP contribution in [0.1, 0.15) is 6.92 Å². The molecule has 3 nitrogen and oxygen atoms in total. The summed E-state index contributed by atoms with van der Waals surface area (Å²) in [6.45, 7) is 2.12. The molecule has 6 heteroatoms. The van der Waals surface area contributed by atoms with E-state index in [1.54, 1.807) is 0 Å². The smallest absolute Gasteiger partial charge is 0.207 e. The average molecular weight is 310 g/mol. The number of halogens is 2. The van der Waals surface area contributed by atoms with Crippen LogP contribution < -0.4 is 0 Å². The van der Waals surface area contributed by atoms with Crippen LogP contribution in [0.5, 0.6) is 0 Å². The fourth-order valence-electron chi connectivity index (χ4n) is 1.27. The van der Waals surface area contributed by atoms with Crippen LogP contribution in [-0.2, 0) is 10.0 Å². The Balaban J connectivity index is 3.08. The highest BCUT2D eigenvalue weighted by Gasteiger charge is 2.24. The van der Waals surface area contributed by atoms with Crippen molar-refractivity contribution in [1.82, 2.24) is 4.31 Å². The molecule has 0 bridgehead atoms. The predicted octanol–water partition coefficient (Wildman–Crippen LogP) is 2.23. The Morgan fingerprint density at radius 3 is 2.50 bits per heavy atom. The molecule has 1 rings (SSSR count). The molecule has 0 aromatic heterocycles. The number of sulfonamides is 1. The Morgan fingerprint density at radius 1 is 1.44 bits per heavy atom. The van der Waals surface area contributed by atoms with Crippen LogP contribution in [0.15, 0.2) is 29.2 Å². The summed E-state index contributed by atoms with van der Waals surface area (Å²) in [5.74, 6) is -0.725. The van der Waals surface area contributed by atoms with E-state index in [2.05, 4.69) is 15.9 Å². The largest absolute Gasteiger partial charge is 0.245 e. The van der Waals surface area contributed by atoms with Crippen molar-refractivity contribution in [3.63, 3.8) is 0 Å². The summed E-state index contributed by atoms with van der Waals surface area (Å²) < 4.78 is 38.4. The Bertz CT molecular complexity index is 462. The predicted molar refractivity (Wildman–Crippen MR) is 64.6 cm³/mol. The van der Waals surface area contributed by atoms with Gasteiger partial charge in [0.05, 0.1) is 0 Å². The zero-order valence-electron chi connectivity index (χ0n) is 9.02. The Kier molecular flexibility index (Phi) is 4.46. The zero-order valence-corrected chi connectivity index (χ0v) is 11.4. The van der Waals surface area contributed by atoms with E-state index >= 15 is 0 Å². The number of hydrogen-bond donors (Lipinski definition) is 0. The first-order chi connectivity index (χ1) is 7.35. The normalized spacial score (nSPS) is 14.1. The number of hydrogen-bond acceptors (Lipinski definition) is 2. The number of benzene rings is 1. The van der Waals surface area contributed by atoms with Gasteiger partial charge in [0, 0.05) is 18.4 Å². The lowest BCUT2D eigenvalue weighted by atomic mass is 10.4. The third kappa shape index (κ3) is 3.02. The van der Waals surface area contributed by atoms with E-state index in [-0.39, 0.29) is 16.3 Å². The first-order valence-electron chi connectivity index (χ1n) is 4.70. The molecule has 1 aromatic carbocycles. The molecule has 0 aliphatic rings. The lowest BCUT2D eigenvalue weighted by molar-refractivity contribution is 0.466. The van der Waals surface area contributed by atoms with Crippen molar-refractivity contribution in [1.29, 1.82) is 0 Å². The van der Waals surface area contributed by atoms with E-state index in [4.69, 9.17) is 0 Å². The van der Waals surface area contributed by atoms with Crippen molar-refractivity contribution in [3.05, 3.63) is 30.1 Å². The van der Waals surface area contributed by atoms with Crippen LogP contribution in [-0.4, -0.2) is 31.1 Å². The van der Waals surface area contributed by atoms with Gasteiger partial charge in [-0.1, -0.05) is 35.0 Å². The highest BCUT2D eigenvalue weighted by atomic mass is 79.9. The summed E-state index contributed by atoms with van der Waals surface area (Å²) in [6.07, 6.45) is 0. The summed E-state index contributed by atoms with van der Waals surface area (Å²) in [5.41, 5.74) is 0. The second kappa shape index (κ2) is 5.25. The monoisotopic (exact) mass is 309 g/mol. The molecular weight excluding hydrogens is 297 g/mol. The molecule has 0 spiro atoms. The van der Waals surface area contributed by atoms with Crippen LogP contribution in [0.2, 0.25) is 0 Å². The molecule has 0 N–H and O–H groups in total. The van der Waals surface area contributed by atoms with Crippen LogP contribution in [0.25, 0.3) is 0 Å². The lowest BCUT2D eigenvalue weighted by Gasteiger charge is -2.18. The second-order valence-electron chi connectivity index (χ2n) is 3.50. The fraction of sp³-hybridized carbons (Fsp3) is 0.400. The van der Waals surface area contributed by atoms with Crippen molar-refractivity contribution in [2.75, 3.05) is 13.6 Å². The maximum atomic E-state index is 13.4. The minimum Gasteiger partial charge on any atom is -0.207 e. The molecule has 0 heterocycles. The summed E-state index contributed by atoms with van der Waals surface area (Å²) in [6, 6.07) is 5.36. The van der Waals surface area contributed by atoms with Gasteiger partial charge in [0.15, 0.2) is 0 Å². The number of alkyl halides is 1. The van der Waals surface area contributed by atoms with Crippen LogP contribution in [0.3, 0.4) is 0 Å². The van der Waals surface area contributed by atoms with Gasteiger partial charge >= 0.3 is 0 Å².